The number of ether oxygens (including phenoxy) is 2. The van der Waals surface area contributed by atoms with Gasteiger partial charge in [0.05, 0.1) is 26.3 Å². The van der Waals surface area contributed by atoms with Crippen LogP contribution >= 0.6 is 0 Å². The Morgan fingerprint density at radius 2 is 0.900 bits per heavy atom. The van der Waals surface area contributed by atoms with Gasteiger partial charge in [-0.25, -0.2) is 9.59 Å². The molecule has 60 heavy (non-hydrogen) atoms. The second-order valence-electron chi connectivity index (χ2n) is 17.7. The minimum atomic E-state index is -0.648. The van der Waals surface area contributed by atoms with Crippen molar-refractivity contribution < 1.29 is 28.7 Å². The third-order valence-corrected chi connectivity index (χ3v) is 13.4. The summed E-state index contributed by atoms with van der Waals surface area (Å²) in [4.78, 5) is 63.6. The number of benzene rings is 2. The van der Waals surface area contributed by atoms with Gasteiger partial charge in [-0.15, -0.1) is 0 Å². The van der Waals surface area contributed by atoms with E-state index < -0.39 is 24.3 Å². The highest BCUT2D eigenvalue weighted by molar-refractivity contribution is 5.87. The predicted octanol–water partition coefficient (Wildman–Crippen LogP) is 8.41. The van der Waals surface area contributed by atoms with Gasteiger partial charge in [-0.2, -0.15) is 0 Å². The maximum absolute atomic E-state index is 13.9. The maximum Gasteiger partial charge on any atom is 0.407 e. The zero-order valence-corrected chi connectivity index (χ0v) is 35.9. The molecule has 4 aliphatic rings. The minimum absolute atomic E-state index is 0.0549. The molecule has 0 saturated carbocycles. The number of fused-ring (bicyclic) bond motifs is 2. The van der Waals surface area contributed by atoms with E-state index in [1.54, 1.807) is 0 Å². The van der Waals surface area contributed by atoms with E-state index in [-0.39, 0.29) is 35.7 Å². The van der Waals surface area contributed by atoms with Gasteiger partial charge in [-0.3, -0.25) is 9.59 Å². The summed E-state index contributed by atoms with van der Waals surface area (Å²) in [7, 11) is 2.64. The molecule has 0 spiro atoms. The number of nitrogens with one attached hydrogen (secondary N) is 4. The lowest BCUT2D eigenvalue weighted by molar-refractivity contribution is -0.136. The smallest absolute Gasteiger partial charge is 0.407 e. The molecule has 2 aliphatic carbocycles. The molecule has 12 heteroatoms. The summed E-state index contributed by atoms with van der Waals surface area (Å²) in [6, 6.07) is 16.2. The molecule has 4 atom stereocenters. The minimum Gasteiger partial charge on any atom is -0.453 e. The largest absolute Gasteiger partial charge is 0.453 e. The van der Waals surface area contributed by atoms with Crippen molar-refractivity contribution in [1.82, 2.24) is 30.4 Å². The Kier molecular flexibility index (Phi) is 11.8. The zero-order chi connectivity index (χ0) is 42.2. The third-order valence-electron chi connectivity index (χ3n) is 13.4. The number of H-pyrrole nitrogens is 2. The quantitative estimate of drug-likeness (QED) is 0.120. The molecule has 318 valence electrons. The number of aromatic nitrogens is 2. The summed E-state index contributed by atoms with van der Waals surface area (Å²) in [6.45, 7) is 9.12. The van der Waals surface area contributed by atoms with Gasteiger partial charge in [0, 0.05) is 35.9 Å². The Morgan fingerprint density at radius 3 is 1.25 bits per heavy atom. The molecule has 4 amide bonds. The number of carbonyl (C=O) groups excluding carboxylic acids is 4. The lowest BCUT2D eigenvalue weighted by Gasteiger charge is -2.31. The molecule has 0 radical (unpaired) electrons. The molecule has 0 bridgehead atoms. The van der Waals surface area contributed by atoms with Crippen LogP contribution in [0.3, 0.4) is 0 Å². The Balaban J connectivity index is 1.01. The second-order valence-corrected chi connectivity index (χ2v) is 17.7. The summed E-state index contributed by atoms with van der Waals surface area (Å²) in [5.41, 5.74) is 14.5. The van der Waals surface area contributed by atoms with Gasteiger partial charge < -0.3 is 39.9 Å². The normalized spacial score (nSPS) is 19.4. The highest BCUT2D eigenvalue weighted by atomic mass is 16.5. The third kappa shape index (κ3) is 7.69. The SMILES string of the molecule is COC(=O)N[C@H](C(=O)N1CCC[C@H]1c1[nH]c(-c2ccc(-c3ccc(-c4[nH]c([C@@H]5CCCN5C(=O)[C@@H](NC(=O)OC)C(C)C)c5c4CCC5)cc3)cc2)c2c1CCC2)C(C)C. The van der Waals surface area contributed by atoms with Gasteiger partial charge in [0.25, 0.3) is 0 Å². The van der Waals surface area contributed by atoms with E-state index in [4.69, 9.17) is 9.47 Å². The number of carbonyl (C=O) groups is 4. The Morgan fingerprint density at radius 1 is 0.550 bits per heavy atom. The molecule has 4 aromatic rings. The van der Waals surface area contributed by atoms with Crippen LogP contribution in [-0.2, 0) is 44.7 Å². The number of amides is 4. The summed E-state index contributed by atoms with van der Waals surface area (Å²) >= 11 is 0. The van der Waals surface area contributed by atoms with Crippen LogP contribution < -0.4 is 10.6 Å². The van der Waals surface area contributed by atoms with Crippen LogP contribution in [0.5, 0.6) is 0 Å². The number of aromatic amines is 2. The van der Waals surface area contributed by atoms with Crippen molar-refractivity contribution in [2.24, 2.45) is 11.8 Å². The van der Waals surface area contributed by atoms with E-state index in [9.17, 15) is 19.2 Å². The Labute approximate surface area is 353 Å². The number of nitrogens with zero attached hydrogens (tertiary/aromatic N) is 2. The summed E-state index contributed by atoms with van der Waals surface area (Å²) in [6.07, 6.45) is 8.62. The molecule has 0 unspecified atom stereocenters. The van der Waals surface area contributed by atoms with Gasteiger partial charge in [0.1, 0.15) is 12.1 Å². The Bertz CT molecular complexity index is 2080. The fourth-order valence-corrected chi connectivity index (χ4v) is 10.3. The fourth-order valence-electron chi connectivity index (χ4n) is 10.3. The van der Waals surface area contributed by atoms with E-state index in [1.165, 1.54) is 36.5 Å². The van der Waals surface area contributed by atoms with Crippen molar-refractivity contribution in [3.63, 3.8) is 0 Å². The topological polar surface area (TPSA) is 149 Å². The monoisotopic (exact) mass is 816 g/mol. The Hall–Kier alpha value is -5.52. The average Bonchev–Trinajstić information content (AvgIpc) is 4.11. The van der Waals surface area contributed by atoms with Gasteiger partial charge in [-0.05, 0) is 121 Å². The van der Waals surface area contributed by atoms with E-state index in [0.29, 0.717) is 13.1 Å². The first-order valence-corrected chi connectivity index (χ1v) is 22.0. The molecule has 2 aromatic carbocycles. The van der Waals surface area contributed by atoms with Crippen LogP contribution in [-0.4, -0.2) is 83.2 Å². The standard InChI is InChI=1S/C48H60N6O6/c1-27(2)39(51-47(57)59-5)45(55)53-25-9-15-37(53)43-35-13-7-11-33(35)41(49-43)31-21-17-29(18-22-31)30-19-23-32(24-20-30)42-34-12-8-14-36(34)44(50-42)38-16-10-26-54(38)46(56)40(28(3)4)52-48(58)60-6/h17-24,27-28,37-40,49-50H,7-16,25-26H2,1-6H3,(H,51,57)(H,52,58)/t37-,38-,39-,40-/m0/s1. The predicted molar refractivity (Wildman–Crippen MR) is 231 cm³/mol. The van der Waals surface area contributed by atoms with Crippen LogP contribution in [0.2, 0.25) is 0 Å². The molecule has 4 N–H and O–H groups in total. The van der Waals surface area contributed by atoms with E-state index >= 15 is 0 Å². The maximum atomic E-state index is 13.9. The summed E-state index contributed by atoms with van der Waals surface area (Å²) in [5, 5.41) is 5.55. The average molecular weight is 817 g/mol. The molecule has 2 fully saturated rings. The highest BCUT2D eigenvalue weighted by Gasteiger charge is 2.41. The van der Waals surface area contributed by atoms with Crippen molar-refractivity contribution >= 4 is 24.0 Å². The molecule has 12 nitrogen and oxygen atoms in total. The van der Waals surface area contributed by atoms with Gasteiger partial charge in [0.2, 0.25) is 11.8 Å². The lowest BCUT2D eigenvalue weighted by atomic mass is 9.98. The number of likely N-dealkylation sites (tertiary alicyclic amines) is 2. The summed E-state index contributed by atoms with van der Waals surface area (Å²) < 4.78 is 9.68. The van der Waals surface area contributed by atoms with Crippen molar-refractivity contribution in [3.8, 4) is 33.6 Å². The fraction of sp³-hybridized carbons (Fsp3) is 0.500. The molecular formula is C48H60N6O6. The van der Waals surface area contributed by atoms with Gasteiger partial charge >= 0.3 is 12.2 Å². The van der Waals surface area contributed by atoms with Crippen molar-refractivity contribution in [1.29, 1.82) is 0 Å². The first-order chi connectivity index (χ1) is 29.0. The lowest BCUT2D eigenvalue weighted by Crippen LogP contribution is -2.51. The first-order valence-electron chi connectivity index (χ1n) is 22.0. The van der Waals surface area contributed by atoms with Gasteiger partial charge in [0.15, 0.2) is 0 Å². The number of alkyl carbamates (subject to hydrolysis) is 2. The van der Waals surface area contributed by atoms with Gasteiger partial charge in [-0.1, -0.05) is 76.2 Å². The molecule has 8 rings (SSSR count). The van der Waals surface area contributed by atoms with Crippen LogP contribution in [0.1, 0.15) is 112 Å². The first kappa shape index (κ1) is 41.2. The number of methoxy groups -OCH3 is 2. The zero-order valence-electron chi connectivity index (χ0n) is 35.9. The summed E-state index contributed by atoms with van der Waals surface area (Å²) in [5.74, 6) is -0.269. The van der Waals surface area contributed by atoms with Crippen molar-refractivity contribution in [2.45, 2.75) is 116 Å². The van der Waals surface area contributed by atoms with Crippen molar-refractivity contribution in [3.05, 3.63) is 82.2 Å². The second kappa shape index (κ2) is 17.2. The van der Waals surface area contributed by atoms with E-state index in [1.807, 2.05) is 37.5 Å². The van der Waals surface area contributed by atoms with Crippen LogP contribution in [0.25, 0.3) is 33.6 Å². The molecule has 2 saturated heterocycles. The van der Waals surface area contributed by atoms with Crippen molar-refractivity contribution in [2.75, 3.05) is 27.3 Å². The molecule has 2 aliphatic heterocycles. The van der Waals surface area contributed by atoms with Crippen LogP contribution in [0.4, 0.5) is 9.59 Å². The highest BCUT2D eigenvalue weighted by Crippen LogP contribution is 2.44. The van der Waals surface area contributed by atoms with Crippen LogP contribution in [0, 0.1) is 11.8 Å². The van der Waals surface area contributed by atoms with E-state index in [0.717, 1.165) is 109 Å². The molecule has 4 heterocycles. The van der Waals surface area contributed by atoms with Crippen LogP contribution in [0.15, 0.2) is 48.5 Å². The number of hydrogen-bond donors (Lipinski definition) is 4. The molecule has 2 aromatic heterocycles. The number of hydrogen-bond acceptors (Lipinski definition) is 6. The molecular weight excluding hydrogens is 757 g/mol. The van der Waals surface area contributed by atoms with E-state index in [2.05, 4.69) is 69.1 Å². The number of rotatable bonds is 11.